The van der Waals surface area contributed by atoms with Gasteiger partial charge in [-0.2, -0.15) is 17.5 Å². The van der Waals surface area contributed by atoms with Crippen LogP contribution in [0.4, 0.5) is 18.9 Å². The molecule has 4 rings (SSSR count). The van der Waals surface area contributed by atoms with Crippen LogP contribution < -0.4 is 10.6 Å². The normalized spacial score (nSPS) is 16.0. The zero-order chi connectivity index (χ0) is 31.2. The van der Waals surface area contributed by atoms with Crippen molar-refractivity contribution in [3.05, 3.63) is 95.6 Å². The maximum absolute atomic E-state index is 13.7. The SMILES string of the molecule is CC(=O)Nc1ccc(S(=O)(=O)N2CCN(C(=O)CCc3cccc(C(F)(F)F)c3)CC2C(=O)NCc2ccccc2)cc1. The number of rotatable bonds is 9. The minimum absolute atomic E-state index is 0.00685. The molecule has 13 heteroatoms. The summed E-state index contributed by atoms with van der Waals surface area (Å²) < 4.78 is 67.7. The maximum atomic E-state index is 13.7. The Morgan fingerprint density at radius 2 is 1.58 bits per heavy atom. The van der Waals surface area contributed by atoms with Gasteiger partial charge in [0, 0.05) is 45.2 Å². The summed E-state index contributed by atoms with van der Waals surface area (Å²) in [7, 11) is -4.19. The number of hydrogen-bond donors (Lipinski definition) is 2. The number of aryl methyl sites for hydroxylation is 1. The molecule has 1 aliphatic heterocycles. The Bertz CT molecular complexity index is 1560. The maximum Gasteiger partial charge on any atom is 0.416 e. The molecule has 0 aromatic heterocycles. The fourth-order valence-electron chi connectivity index (χ4n) is 4.76. The molecule has 1 heterocycles. The van der Waals surface area contributed by atoms with Gasteiger partial charge in [0.1, 0.15) is 6.04 Å². The zero-order valence-corrected chi connectivity index (χ0v) is 24.1. The molecule has 1 fully saturated rings. The number of nitrogens with one attached hydrogen (secondary N) is 2. The third kappa shape index (κ3) is 8.20. The van der Waals surface area contributed by atoms with E-state index in [1.54, 1.807) is 24.3 Å². The molecule has 1 atom stereocenters. The Labute approximate surface area is 247 Å². The summed E-state index contributed by atoms with van der Waals surface area (Å²) in [4.78, 5) is 39.1. The van der Waals surface area contributed by atoms with Gasteiger partial charge in [0.15, 0.2) is 0 Å². The van der Waals surface area contributed by atoms with Crippen LogP contribution in [0.2, 0.25) is 0 Å². The van der Waals surface area contributed by atoms with Crippen molar-refractivity contribution in [2.24, 2.45) is 0 Å². The zero-order valence-electron chi connectivity index (χ0n) is 23.3. The van der Waals surface area contributed by atoms with E-state index in [1.807, 2.05) is 6.07 Å². The molecule has 3 amide bonds. The number of piperazine rings is 1. The Hall–Kier alpha value is -4.23. The molecule has 1 unspecified atom stereocenters. The highest BCUT2D eigenvalue weighted by Crippen LogP contribution is 2.30. The van der Waals surface area contributed by atoms with Gasteiger partial charge in [-0.25, -0.2) is 8.42 Å². The van der Waals surface area contributed by atoms with E-state index in [1.165, 1.54) is 48.2 Å². The van der Waals surface area contributed by atoms with Crippen LogP contribution in [0, 0.1) is 0 Å². The van der Waals surface area contributed by atoms with Crippen LogP contribution in [0.15, 0.2) is 83.8 Å². The molecule has 9 nitrogen and oxygen atoms in total. The molecular formula is C30H31F3N4O5S. The summed E-state index contributed by atoms with van der Waals surface area (Å²) in [5.74, 6) is -1.33. The minimum Gasteiger partial charge on any atom is -0.351 e. The second-order valence-corrected chi connectivity index (χ2v) is 12.0. The van der Waals surface area contributed by atoms with Crippen LogP contribution in [0.3, 0.4) is 0 Å². The fraction of sp³-hybridized carbons (Fsp3) is 0.300. The summed E-state index contributed by atoms with van der Waals surface area (Å²) in [5.41, 5.74) is 0.726. The largest absolute Gasteiger partial charge is 0.416 e. The summed E-state index contributed by atoms with van der Waals surface area (Å²) in [6, 6.07) is 18.0. The highest BCUT2D eigenvalue weighted by molar-refractivity contribution is 7.89. The van der Waals surface area contributed by atoms with Crippen LogP contribution in [0.1, 0.15) is 30.0 Å². The van der Waals surface area contributed by atoms with E-state index in [0.717, 1.165) is 22.0 Å². The predicted molar refractivity (Wildman–Crippen MR) is 153 cm³/mol. The lowest BCUT2D eigenvalue weighted by molar-refractivity contribution is -0.138. The van der Waals surface area contributed by atoms with Gasteiger partial charge < -0.3 is 15.5 Å². The van der Waals surface area contributed by atoms with Crippen LogP contribution in [-0.4, -0.2) is 61.0 Å². The second kappa shape index (κ2) is 13.4. The highest BCUT2D eigenvalue weighted by Gasteiger charge is 2.41. The molecular weight excluding hydrogens is 585 g/mol. The van der Waals surface area contributed by atoms with E-state index in [0.29, 0.717) is 11.3 Å². The number of sulfonamides is 1. The third-order valence-corrected chi connectivity index (χ3v) is 8.88. The standard InChI is InChI=1S/C30H31F3N4O5S/c1-21(38)35-25-11-13-26(14-12-25)43(41,42)37-17-16-36(20-27(37)29(40)34-19-23-6-3-2-4-7-23)28(39)15-10-22-8-5-9-24(18-22)30(31,32)33/h2-9,11-14,18,27H,10,15-17,19-20H2,1H3,(H,34,40)(H,35,38). The van der Waals surface area contributed by atoms with Crippen molar-refractivity contribution in [2.75, 3.05) is 25.0 Å². The molecule has 228 valence electrons. The van der Waals surface area contributed by atoms with Gasteiger partial charge in [-0.05, 0) is 47.9 Å². The molecule has 43 heavy (non-hydrogen) atoms. The molecule has 0 aliphatic carbocycles. The van der Waals surface area contributed by atoms with Crippen LogP contribution in [-0.2, 0) is 43.5 Å². The molecule has 1 aliphatic rings. The van der Waals surface area contributed by atoms with Crippen molar-refractivity contribution in [1.29, 1.82) is 0 Å². The molecule has 2 N–H and O–H groups in total. The van der Waals surface area contributed by atoms with E-state index >= 15 is 0 Å². The van der Waals surface area contributed by atoms with Crippen molar-refractivity contribution in [2.45, 2.75) is 43.4 Å². The number of alkyl halides is 3. The summed E-state index contributed by atoms with van der Waals surface area (Å²) >= 11 is 0. The highest BCUT2D eigenvalue weighted by atomic mass is 32.2. The van der Waals surface area contributed by atoms with E-state index in [9.17, 15) is 36.0 Å². The van der Waals surface area contributed by atoms with Crippen molar-refractivity contribution < 1.29 is 36.0 Å². The predicted octanol–water partition coefficient (Wildman–Crippen LogP) is 3.81. The minimum atomic E-state index is -4.51. The van der Waals surface area contributed by atoms with Gasteiger partial charge in [0.05, 0.1) is 10.5 Å². The lowest BCUT2D eigenvalue weighted by atomic mass is 10.1. The summed E-state index contributed by atoms with van der Waals surface area (Å²) in [5, 5.41) is 5.32. The molecule has 3 aromatic rings. The van der Waals surface area contributed by atoms with Gasteiger partial charge in [-0.3, -0.25) is 14.4 Å². The van der Waals surface area contributed by atoms with Crippen molar-refractivity contribution in [3.63, 3.8) is 0 Å². The van der Waals surface area contributed by atoms with Crippen molar-refractivity contribution in [1.82, 2.24) is 14.5 Å². The average molecular weight is 617 g/mol. The first-order chi connectivity index (χ1) is 20.3. The topological polar surface area (TPSA) is 116 Å². The fourth-order valence-corrected chi connectivity index (χ4v) is 6.33. The first-order valence-corrected chi connectivity index (χ1v) is 14.9. The molecule has 3 aromatic carbocycles. The van der Waals surface area contributed by atoms with Gasteiger partial charge in [0.25, 0.3) is 0 Å². The van der Waals surface area contributed by atoms with Gasteiger partial charge in [-0.1, -0.05) is 48.5 Å². The average Bonchev–Trinajstić information content (AvgIpc) is 2.98. The van der Waals surface area contributed by atoms with E-state index in [-0.39, 0.29) is 49.8 Å². The van der Waals surface area contributed by atoms with Crippen molar-refractivity contribution >= 4 is 33.4 Å². The van der Waals surface area contributed by atoms with E-state index < -0.39 is 39.6 Å². The molecule has 0 spiro atoms. The number of halogens is 3. The molecule has 1 saturated heterocycles. The van der Waals surface area contributed by atoms with Crippen molar-refractivity contribution in [3.8, 4) is 0 Å². The third-order valence-electron chi connectivity index (χ3n) is 6.96. The molecule has 0 bridgehead atoms. The summed E-state index contributed by atoms with van der Waals surface area (Å²) in [6.45, 7) is 1.05. The monoisotopic (exact) mass is 616 g/mol. The quantitative estimate of drug-likeness (QED) is 0.380. The van der Waals surface area contributed by atoms with Crippen LogP contribution in [0.25, 0.3) is 0 Å². The van der Waals surface area contributed by atoms with Gasteiger partial charge in [0.2, 0.25) is 27.7 Å². The van der Waals surface area contributed by atoms with Crippen LogP contribution >= 0.6 is 0 Å². The molecule has 0 radical (unpaired) electrons. The van der Waals surface area contributed by atoms with Crippen LogP contribution in [0.5, 0.6) is 0 Å². The number of carbonyl (C=O) groups excluding carboxylic acids is 3. The molecule has 0 saturated carbocycles. The Morgan fingerprint density at radius 1 is 0.907 bits per heavy atom. The Balaban J connectivity index is 1.51. The summed E-state index contributed by atoms with van der Waals surface area (Å²) in [6.07, 6.45) is -4.57. The van der Waals surface area contributed by atoms with Gasteiger partial charge in [-0.15, -0.1) is 0 Å². The van der Waals surface area contributed by atoms with Gasteiger partial charge >= 0.3 is 6.18 Å². The van der Waals surface area contributed by atoms with E-state index in [4.69, 9.17) is 0 Å². The number of nitrogens with zero attached hydrogens (tertiary/aromatic N) is 2. The lowest BCUT2D eigenvalue weighted by Crippen LogP contribution is -2.61. The smallest absolute Gasteiger partial charge is 0.351 e. The first kappa shape index (κ1) is 31.7. The van der Waals surface area contributed by atoms with E-state index in [2.05, 4.69) is 10.6 Å². The number of carbonyl (C=O) groups is 3. The Kier molecular flexibility index (Phi) is 9.87. The lowest BCUT2D eigenvalue weighted by Gasteiger charge is -2.39. The Morgan fingerprint density at radius 3 is 2.23 bits per heavy atom. The number of benzene rings is 3. The number of anilines is 1. The number of amides is 3. The number of hydrogen-bond acceptors (Lipinski definition) is 5. The second-order valence-electron chi connectivity index (χ2n) is 10.1. The first-order valence-electron chi connectivity index (χ1n) is 13.5.